The van der Waals surface area contributed by atoms with Gasteiger partial charge in [0.1, 0.15) is 11.5 Å². The molecule has 1 aromatic rings. The van der Waals surface area contributed by atoms with Crippen LogP contribution in [0.4, 0.5) is 0 Å². The Kier molecular flexibility index (Phi) is 3.95. The van der Waals surface area contributed by atoms with Crippen LogP contribution in [0.15, 0.2) is 15.9 Å². The van der Waals surface area contributed by atoms with E-state index < -0.39 is 47.3 Å². The van der Waals surface area contributed by atoms with E-state index in [0.717, 1.165) is 20.3 Å². The number of hydrogen-bond acceptors (Lipinski definition) is 7. The molecule has 0 saturated carbocycles. The molecule has 0 saturated heterocycles. The number of aromatic hydroxyl groups is 1. The highest BCUT2D eigenvalue weighted by atomic mass is 32.2. The van der Waals surface area contributed by atoms with E-state index in [4.69, 9.17) is 9.11 Å². The zero-order chi connectivity index (χ0) is 15.0. The Morgan fingerprint density at radius 1 is 0.895 bits per heavy atom. The second kappa shape index (κ2) is 4.85. The molecule has 0 aliphatic carbocycles. The zero-order valence-corrected chi connectivity index (χ0v) is 11.3. The van der Waals surface area contributed by atoms with E-state index in [1.54, 1.807) is 0 Å². The van der Waals surface area contributed by atoms with Gasteiger partial charge >= 0.3 is 20.2 Å². The Bertz CT molecular complexity index is 644. The normalized spacial score (nSPS) is 12.2. The first-order valence-electron chi connectivity index (χ1n) is 4.47. The molecule has 0 unspecified atom stereocenters. The number of methoxy groups -OCH3 is 2. The van der Waals surface area contributed by atoms with Crippen LogP contribution in [0.3, 0.4) is 0 Å². The lowest BCUT2D eigenvalue weighted by molar-refractivity contribution is 0.350. The fourth-order valence-electron chi connectivity index (χ4n) is 1.39. The van der Waals surface area contributed by atoms with Crippen molar-refractivity contribution in [2.75, 3.05) is 14.2 Å². The van der Waals surface area contributed by atoms with E-state index in [1.165, 1.54) is 0 Å². The molecular weight excluding hydrogens is 304 g/mol. The summed E-state index contributed by atoms with van der Waals surface area (Å²) in [4.78, 5) is -2.38. The lowest BCUT2D eigenvalue weighted by Crippen LogP contribution is -2.08. The number of phenolic OH excluding ortho intramolecular Hbond substituents is 1. The van der Waals surface area contributed by atoms with Gasteiger partial charge in [-0.1, -0.05) is 0 Å². The van der Waals surface area contributed by atoms with Crippen molar-refractivity contribution in [3.05, 3.63) is 6.07 Å². The van der Waals surface area contributed by atoms with Gasteiger partial charge < -0.3 is 14.6 Å². The van der Waals surface area contributed by atoms with Crippen LogP contribution in [-0.4, -0.2) is 45.3 Å². The van der Waals surface area contributed by atoms with Gasteiger partial charge in [-0.25, -0.2) is 0 Å². The van der Waals surface area contributed by atoms with Crippen LogP contribution in [0.1, 0.15) is 0 Å². The van der Waals surface area contributed by atoms with Crippen LogP contribution in [-0.2, 0) is 20.2 Å². The molecule has 1 aromatic carbocycles. The van der Waals surface area contributed by atoms with Crippen molar-refractivity contribution >= 4 is 20.2 Å². The molecule has 108 valence electrons. The Morgan fingerprint density at radius 2 is 1.21 bits per heavy atom. The first kappa shape index (κ1) is 15.5. The summed E-state index contributed by atoms with van der Waals surface area (Å²) < 4.78 is 71.6. The first-order chi connectivity index (χ1) is 8.54. The zero-order valence-electron chi connectivity index (χ0n) is 9.68. The van der Waals surface area contributed by atoms with E-state index in [0.29, 0.717) is 0 Å². The smallest absolute Gasteiger partial charge is 0.302 e. The summed E-state index contributed by atoms with van der Waals surface area (Å²) in [6.07, 6.45) is 0. The average molecular weight is 314 g/mol. The minimum absolute atomic E-state index is 0.552. The second-order valence-electron chi connectivity index (χ2n) is 3.24. The molecule has 0 aliphatic rings. The topological polar surface area (TPSA) is 147 Å². The number of ether oxygens (including phenoxy) is 2. The van der Waals surface area contributed by atoms with Crippen LogP contribution in [0.25, 0.3) is 0 Å². The van der Waals surface area contributed by atoms with E-state index in [1.807, 2.05) is 0 Å². The highest BCUT2D eigenvalue weighted by Gasteiger charge is 2.32. The molecule has 0 radical (unpaired) electrons. The Morgan fingerprint density at radius 3 is 1.42 bits per heavy atom. The SMILES string of the molecule is COc1cc(OC)c(S(=O)(=O)O)c(O)c1S(=O)(=O)O. The van der Waals surface area contributed by atoms with Gasteiger partial charge in [0.25, 0.3) is 0 Å². The summed E-state index contributed by atoms with van der Waals surface area (Å²) in [7, 11) is -7.93. The van der Waals surface area contributed by atoms with E-state index in [-0.39, 0.29) is 0 Å². The minimum Gasteiger partial charge on any atom is -0.505 e. The van der Waals surface area contributed by atoms with Gasteiger partial charge in [-0.15, -0.1) is 0 Å². The van der Waals surface area contributed by atoms with Crippen molar-refractivity contribution in [2.24, 2.45) is 0 Å². The standard InChI is InChI=1S/C8H10O9S2/c1-16-4-3-5(17-2)8(19(13,14)15)6(9)7(4)18(10,11)12/h3,9H,1-2H3,(H,10,11,12)(H,13,14,15). The van der Waals surface area contributed by atoms with Crippen LogP contribution in [0.2, 0.25) is 0 Å². The fraction of sp³-hybridized carbons (Fsp3) is 0.250. The van der Waals surface area contributed by atoms with Crippen LogP contribution in [0, 0.1) is 0 Å². The van der Waals surface area contributed by atoms with Gasteiger partial charge in [0.05, 0.1) is 14.2 Å². The van der Waals surface area contributed by atoms with Crippen LogP contribution < -0.4 is 9.47 Å². The molecule has 0 spiro atoms. The van der Waals surface area contributed by atoms with Gasteiger partial charge in [0.2, 0.25) is 0 Å². The van der Waals surface area contributed by atoms with Crippen LogP contribution in [0.5, 0.6) is 17.2 Å². The summed E-state index contributed by atoms with van der Waals surface area (Å²) >= 11 is 0. The molecule has 0 amide bonds. The summed E-state index contributed by atoms with van der Waals surface area (Å²) in [6.45, 7) is 0. The molecule has 0 bridgehead atoms. The lowest BCUT2D eigenvalue weighted by Gasteiger charge is -2.14. The first-order valence-corrected chi connectivity index (χ1v) is 7.35. The van der Waals surface area contributed by atoms with Gasteiger partial charge in [-0.3, -0.25) is 9.11 Å². The molecule has 0 atom stereocenters. The van der Waals surface area contributed by atoms with Crippen LogP contribution >= 0.6 is 0 Å². The summed E-state index contributed by atoms with van der Waals surface area (Å²) in [6, 6.07) is 0.784. The van der Waals surface area contributed by atoms with Gasteiger partial charge in [0, 0.05) is 6.07 Å². The molecule has 0 heterocycles. The monoisotopic (exact) mass is 314 g/mol. The second-order valence-corrected chi connectivity index (χ2v) is 5.95. The summed E-state index contributed by atoms with van der Waals surface area (Å²) in [5, 5.41) is 9.65. The fourth-order valence-corrected chi connectivity index (χ4v) is 2.94. The molecule has 11 heteroatoms. The Labute approximate surface area is 108 Å². The largest absolute Gasteiger partial charge is 0.505 e. The van der Waals surface area contributed by atoms with E-state index in [9.17, 15) is 21.9 Å². The molecule has 0 aliphatic heterocycles. The lowest BCUT2D eigenvalue weighted by atomic mass is 10.3. The highest BCUT2D eigenvalue weighted by Crippen LogP contribution is 2.43. The summed E-state index contributed by atoms with van der Waals surface area (Å²) in [5.41, 5.74) is 0. The van der Waals surface area contributed by atoms with Gasteiger partial charge in [0.15, 0.2) is 15.5 Å². The maximum Gasteiger partial charge on any atom is 0.302 e. The molecule has 3 N–H and O–H groups in total. The molecule has 1 rings (SSSR count). The highest BCUT2D eigenvalue weighted by molar-refractivity contribution is 7.87. The van der Waals surface area contributed by atoms with Gasteiger partial charge in [-0.2, -0.15) is 16.8 Å². The third-order valence-electron chi connectivity index (χ3n) is 2.10. The molecular formula is C8H10O9S2. The van der Waals surface area contributed by atoms with Gasteiger partial charge in [-0.05, 0) is 0 Å². The number of rotatable bonds is 4. The minimum atomic E-state index is -4.99. The molecule has 19 heavy (non-hydrogen) atoms. The predicted octanol–water partition coefficient (Wildman–Crippen LogP) is -0.0972. The third kappa shape index (κ3) is 2.89. The summed E-state index contributed by atoms with van der Waals surface area (Å²) in [5.74, 6) is -2.50. The molecule has 0 fully saturated rings. The maximum atomic E-state index is 11.1. The van der Waals surface area contributed by atoms with Crippen molar-refractivity contribution in [3.8, 4) is 17.2 Å². The number of benzene rings is 1. The van der Waals surface area contributed by atoms with Crippen molar-refractivity contribution in [3.63, 3.8) is 0 Å². The number of phenols is 1. The molecule has 0 aromatic heterocycles. The Hall–Kier alpha value is -1.56. The van der Waals surface area contributed by atoms with Crippen molar-refractivity contribution in [2.45, 2.75) is 9.79 Å². The van der Waals surface area contributed by atoms with E-state index >= 15 is 0 Å². The Balaban J connectivity index is 3.98. The van der Waals surface area contributed by atoms with Crippen molar-refractivity contribution < 1.29 is 40.5 Å². The van der Waals surface area contributed by atoms with Crippen molar-refractivity contribution in [1.82, 2.24) is 0 Å². The van der Waals surface area contributed by atoms with E-state index in [2.05, 4.69) is 9.47 Å². The maximum absolute atomic E-state index is 11.1. The average Bonchev–Trinajstić information content (AvgIpc) is 2.23. The number of hydrogen-bond donors (Lipinski definition) is 3. The quantitative estimate of drug-likeness (QED) is 0.648. The molecule has 9 nitrogen and oxygen atoms in total. The third-order valence-corrected chi connectivity index (χ3v) is 3.92. The predicted molar refractivity (Wildman–Crippen MR) is 60.8 cm³/mol. The van der Waals surface area contributed by atoms with Crippen molar-refractivity contribution in [1.29, 1.82) is 0 Å².